The second kappa shape index (κ2) is 9.92. The lowest BCUT2D eigenvalue weighted by Crippen LogP contribution is -2.41. The Morgan fingerprint density at radius 2 is 1.78 bits per heavy atom. The average Bonchev–Trinajstić information content (AvgIpc) is 2.70. The zero-order valence-electron chi connectivity index (χ0n) is 14.8. The van der Waals surface area contributed by atoms with Gasteiger partial charge in [-0.2, -0.15) is 0 Å². The van der Waals surface area contributed by atoms with Crippen LogP contribution < -0.4 is 5.32 Å². The van der Waals surface area contributed by atoms with Crippen LogP contribution in [-0.4, -0.2) is 48.8 Å². The van der Waals surface area contributed by atoms with Gasteiger partial charge in [0.05, 0.1) is 30.2 Å². The van der Waals surface area contributed by atoms with Crippen molar-refractivity contribution in [3.05, 3.63) is 64.1 Å². The van der Waals surface area contributed by atoms with Crippen molar-refractivity contribution < 1.29 is 14.3 Å². The van der Waals surface area contributed by atoms with Crippen LogP contribution in [0.3, 0.4) is 0 Å². The number of carbonyl (C=O) groups excluding carboxylic acids is 2. The SMILES string of the molecule is O=C(CSCc1ccccc1Br)Nc1ccccc1C(=O)N1CCOCC1. The molecule has 2 aromatic carbocycles. The zero-order valence-corrected chi connectivity index (χ0v) is 17.2. The summed E-state index contributed by atoms with van der Waals surface area (Å²) in [5.74, 6) is 0.870. The molecule has 5 nitrogen and oxygen atoms in total. The van der Waals surface area contributed by atoms with E-state index < -0.39 is 0 Å². The molecule has 1 fully saturated rings. The number of halogens is 1. The molecular weight excluding hydrogens is 428 g/mol. The first-order chi connectivity index (χ1) is 13.1. The van der Waals surface area contributed by atoms with Crippen molar-refractivity contribution in [2.45, 2.75) is 5.75 Å². The molecule has 7 heteroatoms. The predicted octanol–water partition coefficient (Wildman–Crippen LogP) is 3.79. The van der Waals surface area contributed by atoms with Gasteiger partial charge in [-0.05, 0) is 23.8 Å². The van der Waals surface area contributed by atoms with Crippen molar-refractivity contribution in [3.8, 4) is 0 Å². The number of rotatable bonds is 6. The minimum absolute atomic E-state index is 0.0740. The van der Waals surface area contributed by atoms with Gasteiger partial charge in [-0.3, -0.25) is 9.59 Å². The summed E-state index contributed by atoms with van der Waals surface area (Å²) >= 11 is 5.05. The second-order valence-electron chi connectivity index (χ2n) is 6.08. The van der Waals surface area contributed by atoms with E-state index in [1.54, 1.807) is 17.0 Å². The molecule has 2 aromatic rings. The van der Waals surface area contributed by atoms with Gasteiger partial charge in [0.25, 0.3) is 5.91 Å². The molecule has 1 aliphatic rings. The maximum absolute atomic E-state index is 12.7. The molecule has 0 aliphatic carbocycles. The summed E-state index contributed by atoms with van der Waals surface area (Å²) in [6, 6.07) is 15.1. The lowest BCUT2D eigenvalue weighted by atomic mass is 10.1. The number of hydrogen-bond acceptors (Lipinski definition) is 4. The molecule has 1 saturated heterocycles. The van der Waals surface area contributed by atoms with Crippen molar-refractivity contribution in [2.75, 3.05) is 37.4 Å². The first-order valence-corrected chi connectivity index (χ1v) is 10.7. The number of hydrogen-bond donors (Lipinski definition) is 1. The number of morpholine rings is 1. The van der Waals surface area contributed by atoms with Crippen molar-refractivity contribution in [3.63, 3.8) is 0 Å². The van der Waals surface area contributed by atoms with E-state index in [0.717, 1.165) is 15.8 Å². The van der Waals surface area contributed by atoms with E-state index in [-0.39, 0.29) is 11.8 Å². The summed E-state index contributed by atoms with van der Waals surface area (Å²) in [7, 11) is 0. The second-order valence-corrected chi connectivity index (χ2v) is 7.92. The van der Waals surface area contributed by atoms with E-state index in [1.165, 1.54) is 11.8 Å². The van der Waals surface area contributed by atoms with E-state index >= 15 is 0 Å². The van der Waals surface area contributed by atoms with Crippen molar-refractivity contribution in [1.29, 1.82) is 0 Å². The molecule has 1 N–H and O–H groups in total. The Morgan fingerprint density at radius 1 is 1.07 bits per heavy atom. The summed E-state index contributed by atoms with van der Waals surface area (Å²) in [6.45, 7) is 2.24. The largest absolute Gasteiger partial charge is 0.378 e. The quantitative estimate of drug-likeness (QED) is 0.729. The van der Waals surface area contributed by atoms with Crippen LogP contribution in [-0.2, 0) is 15.3 Å². The third kappa shape index (κ3) is 5.57. The van der Waals surface area contributed by atoms with Crippen LogP contribution in [0.15, 0.2) is 53.0 Å². The minimum Gasteiger partial charge on any atom is -0.378 e. The molecule has 0 atom stereocenters. The first-order valence-electron chi connectivity index (χ1n) is 8.72. The highest BCUT2D eigenvalue weighted by molar-refractivity contribution is 9.10. The van der Waals surface area contributed by atoms with Crippen molar-refractivity contribution in [2.24, 2.45) is 0 Å². The predicted molar refractivity (Wildman–Crippen MR) is 112 cm³/mol. The van der Waals surface area contributed by atoms with Gasteiger partial charge in [0.2, 0.25) is 5.91 Å². The maximum Gasteiger partial charge on any atom is 0.256 e. The summed E-state index contributed by atoms with van der Waals surface area (Å²) < 4.78 is 6.34. The number of ether oxygens (including phenoxy) is 1. The fourth-order valence-electron chi connectivity index (χ4n) is 2.77. The van der Waals surface area contributed by atoms with Gasteiger partial charge >= 0.3 is 0 Å². The van der Waals surface area contributed by atoms with Crippen molar-refractivity contribution >= 4 is 45.2 Å². The lowest BCUT2D eigenvalue weighted by Gasteiger charge is -2.27. The summed E-state index contributed by atoms with van der Waals surface area (Å²) in [6.07, 6.45) is 0. The van der Waals surface area contributed by atoms with Crippen LogP contribution in [0.4, 0.5) is 5.69 Å². The molecule has 2 amide bonds. The highest BCUT2D eigenvalue weighted by Crippen LogP contribution is 2.22. The van der Waals surface area contributed by atoms with E-state index in [1.807, 2.05) is 36.4 Å². The number of carbonyl (C=O) groups is 2. The Morgan fingerprint density at radius 3 is 2.56 bits per heavy atom. The average molecular weight is 449 g/mol. The van der Waals surface area contributed by atoms with Crippen LogP contribution >= 0.6 is 27.7 Å². The van der Waals surface area contributed by atoms with Gasteiger partial charge in [0, 0.05) is 23.3 Å². The number of nitrogens with one attached hydrogen (secondary N) is 1. The fourth-order valence-corrected chi connectivity index (χ4v) is 4.21. The smallest absolute Gasteiger partial charge is 0.256 e. The Bertz CT molecular complexity index is 809. The Kier molecular flexibility index (Phi) is 7.32. The molecule has 0 bridgehead atoms. The number of para-hydroxylation sites is 1. The van der Waals surface area contributed by atoms with Gasteiger partial charge in [0.15, 0.2) is 0 Å². The van der Waals surface area contributed by atoms with Gasteiger partial charge in [-0.1, -0.05) is 46.3 Å². The molecule has 0 unspecified atom stereocenters. The van der Waals surface area contributed by atoms with Crippen LogP contribution in [0.2, 0.25) is 0 Å². The standard InChI is InChI=1S/C20H21BrN2O3S/c21-17-7-3-1-5-15(17)13-27-14-19(24)22-18-8-4-2-6-16(18)20(25)23-9-11-26-12-10-23/h1-8H,9-14H2,(H,22,24). The summed E-state index contributed by atoms with van der Waals surface area (Å²) in [5, 5.41) is 2.88. The third-order valence-corrected chi connectivity index (χ3v) is 5.93. The van der Waals surface area contributed by atoms with Crippen LogP contribution in [0.5, 0.6) is 0 Å². The molecule has 1 aliphatic heterocycles. The number of benzene rings is 2. The number of thioether (sulfide) groups is 1. The van der Waals surface area contributed by atoms with Gasteiger partial charge in [0.1, 0.15) is 0 Å². The maximum atomic E-state index is 12.7. The van der Waals surface area contributed by atoms with Crippen LogP contribution in [0.1, 0.15) is 15.9 Å². The molecule has 0 radical (unpaired) electrons. The molecule has 3 rings (SSSR count). The normalized spacial score (nSPS) is 14.0. The van der Waals surface area contributed by atoms with Crippen LogP contribution in [0, 0.1) is 0 Å². The van der Waals surface area contributed by atoms with Gasteiger partial charge in [-0.15, -0.1) is 11.8 Å². The van der Waals surface area contributed by atoms with E-state index in [9.17, 15) is 9.59 Å². The highest BCUT2D eigenvalue weighted by Gasteiger charge is 2.21. The Hall–Kier alpha value is -1.83. The van der Waals surface area contributed by atoms with Crippen molar-refractivity contribution in [1.82, 2.24) is 4.90 Å². The Labute approximate surface area is 171 Å². The third-order valence-electron chi connectivity index (χ3n) is 4.18. The highest BCUT2D eigenvalue weighted by atomic mass is 79.9. The van der Waals surface area contributed by atoms with Gasteiger partial charge in [-0.25, -0.2) is 0 Å². The topological polar surface area (TPSA) is 58.6 Å². The molecule has 0 saturated carbocycles. The van der Waals surface area contributed by atoms with Crippen LogP contribution in [0.25, 0.3) is 0 Å². The first kappa shape index (κ1) is 19.9. The summed E-state index contributed by atoms with van der Waals surface area (Å²) in [4.78, 5) is 26.9. The minimum atomic E-state index is -0.116. The molecule has 142 valence electrons. The molecule has 0 spiro atoms. The van der Waals surface area contributed by atoms with Gasteiger partial charge < -0.3 is 15.0 Å². The molecule has 1 heterocycles. The number of anilines is 1. The molecular formula is C20H21BrN2O3S. The Balaban J connectivity index is 1.57. The van der Waals surface area contributed by atoms with E-state index in [0.29, 0.717) is 43.3 Å². The van der Waals surface area contributed by atoms with E-state index in [2.05, 4.69) is 21.2 Å². The summed E-state index contributed by atoms with van der Waals surface area (Å²) in [5.41, 5.74) is 2.22. The van der Waals surface area contributed by atoms with E-state index in [4.69, 9.17) is 4.74 Å². The molecule has 27 heavy (non-hydrogen) atoms. The number of amides is 2. The monoisotopic (exact) mass is 448 g/mol. The number of nitrogens with zero attached hydrogens (tertiary/aromatic N) is 1. The fraction of sp³-hybridized carbons (Fsp3) is 0.300. The lowest BCUT2D eigenvalue weighted by molar-refractivity contribution is -0.113. The zero-order chi connectivity index (χ0) is 19.1. The molecule has 0 aromatic heterocycles.